The van der Waals surface area contributed by atoms with E-state index in [4.69, 9.17) is 9.40 Å². The Morgan fingerprint density at radius 1 is 1.16 bits per heavy atom. The Morgan fingerprint density at radius 3 is 2.90 bits per heavy atom. The first-order valence-electron chi connectivity index (χ1n) is 10.2. The van der Waals surface area contributed by atoms with Crippen LogP contribution in [0.1, 0.15) is 23.9 Å². The minimum atomic E-state index is -0.342. The van der Waals surface area contributed by atoms with Gasteiger partial charge in [-0.1, -0.05) is 24.3 Å². The molecular weight excluding hydrogens is 412 g/mol. The lowest BCUT2D eigenvalue weighted by Crippen LogP contribution is -2.36. The molecule has 5 aromatic rings. The lowest BCUT2D eigenvalue weighted by atomic mass is 10.2. The first kappa shape index (κ1) is 18.3. The Labute approximate surface area is 180 Å². The first-order valence-corrected chi connectivity index (χ1v) is 11.0. The van der Waals surface area contributed by atoms with Crippen molar-refractivity contribution in [3.8, 4) is 0 Å². The van der Waals surface area contributed by atoms with Crippen molar-refractivity contribution in [3.63, 3.8) is 0 Å². The van der Waals surface area contributed by atoms with Gasteiger partial charge in [0.2, 0.25) is 11.5 Å². The number of fused-ring (bicyclic) bond motifs is 4. The molecule has 154 valence electrons. The van der Waals surface area contributed by atoms with E-state index in [9.17, 15) is 9.59 Å². The number of aromatic nitrogens is 3. The molecule has 0 unspecified atom stereocenters. The van der Waals surface area contributed by atoms with Gasteiger partial charge in [0.05, 0.1) is 22.6 Å². The van der Waals surface area contributed by atoms with E-state index in [0.717, 1.165) is 33.5 Å². The van der Waals surface area contributed by atoms with Crippen LogP contribution >= 0.6 is 11.3 Å². The van der Waals surface area contributed by atoms with Crippen LogP contribution in [0.3, 0.4) is 0 Å². The second-order valence-electron chi connectivity index (χ2n) is 7.72. The topological polar surface area (TPSA) is 81.2 Å². The smallest absolute Gasteiger partial charge is 0.297 e. The van der Waals surface area contributed by atoms with Crippen molar-refractivity contribution < 1.29 is 9.21 Å². The number of furan rings is 1. The fraction of sp³-hybridized carbons (Fsp3) is 0.217. The Balaban J connectivity index is 1.31. The number of likely N-dealkylation sites (tertiary alicyclic amines) is 1. The molecule has 0 bridgehead atoms. The van der Waals surface area contributed by atoms with E-state index < -0.39 is 0 Å². The average molecular weight is 430 g/mol. The molecule has 0 N–H and O–H groups in total. The van der Waals surface area contributed by atoms with Crippen LogP contribution < -0.4 is 5.56 Å². The Kier molecular flexibility index (Phi) is 4.14. The Hall–Kier alpha value is -3.52. The minimum absolute atomic E-state index is 0.0523. The molecule has 1 aliphatic rings. The summed E-state index contributed by atoms with van der Waals surface area (Å²) in [5.41, 5.74) is 1.93. The van der Waals surface area contributed by atoms with E-state index in [1.807, 2.05) is 47.4 Å². The summed E-state index contributed by atoms with van der Waals surface area (Å²) in [6.07, 6.45) is 3.23. The fourth-order valence-electron chi connectivity index (χ4n) is 4.32. The van der Waals surface area contributed by atoms with Crippen LogP contribution in [0.4, 0.5) is 0 Å². The Bertz CT molecular complexity index is 1480. The van der Waals surface area contributed by atoms with E-state index in [1.54, 1.807) is 17.4 Å². The normalized spacial score (nSPS) is 16.6. The molecule has 6 rings (SSSR count). The van der Waals surface area contributed by atoms with Gasteiger partial charge in [-0.25, -0.2) is 9.97 Å². The maximum absolute atomic E-state index is 13.2. The molecule has 4 heterocycles. The van der Waals surface area contributed by atoms with Gasteiger partial charge in [0.15, 0.2) is 0 Å². The zero-order valence-corrected chi connectivity index (χ0v) is 17.3. The second-order valence-corrected chi connectivity index (χ2v) is 8.78. The third-order valence-electron chi connectivity index (χ3n) is 5.82. The zero-order valence-electron chi connectivity index (χ0n) is 16.5. The maximum atomic E-state index is 13.2. The second kappa shape index (κ2) is 7.02. The van der Waals surface area contributed by atoms with Gasteiger partial charge in [-0.05, 0) is 37.1 Å². The molecule has 0 spiro atoms. The molecule has 31 heavy (non-hydrogen) atoms. The van der Waals surface area contributed by atoms with Crippen LogP contribution in [0.25, 0.3) is 32.3 Å². The van der Waals surface area contributed by atoms with Gasteiger partial charge in [0.25, 0.3) is 5.56 Å². The molecule has 2 aromatic carbocycles. The number of nitrogens with zero attached hydrogens (tertiary/aromatic N) is 4. The number of carbonyl (C=O) groups is 1. The van der Waals surface area contributed by atoms with Crippen LogP contribution in [0.5, 0.6) is 0 Å². The maximum Gasteiger partial charge on any atom is 0.297 e. The van der Waals surface area contributed by atoms with Crippen LogP contribution in [-0.4, -0.2) is 31.9 Å². The molecule has 1 saturated heterocycles. The molecular formula is C23H18N4O3S. The van der Waals surface area contributed by atoms with E-state index in [1.165, 1.54) is 10.9 Å². The van der Waals surface area contributed by atoms with Crippen molar-refractivity contribution in [2.45, 2.75) is 25.4 Å². The molecule has 0 saturated carbocycles. The number of hydrogen-bond donors (Lipinski definition) is 0. The highest BCUT2D eigenvalue weighted by Crippen LogP contribution is 2.36. The van der Waals surface area contributed by atoms with Crippen molar-refractivity contribution >= 4 is 49.5 Å². The summed E-state index contributed by atoms with van der Waals surface area (Å²) in [4.78, 5) is 37.1. The van der Waals surface area contributed by atoms with Crippen LogP contribution in [0, 0.1) is 0 Å². The number of para-hydroxylation sites is 2. The van der Waals surface area contributed by atoms with Crippen molar-refractivity contribution in [3.05, 3.63) is 70.2 Å². The highest BCUT2D eigenvalue weighted by atomic mass is 32.1. The highest BCUT2D eigenvalue weighted by molar-refractivity contribution is 7.18. The van der Waals surface area contributed by atoms with Gasteiger partial charge in [0.1, 0.15) is 22.7 Å². The van der Waals surface area contributed by atoms with Crippen LogP contribution in [-0.2, 0) is 11.3 Å². The van der Waals surface area contributed by atoms with Gasteiger partial charge in [0, 0.05) is 11.9 Å². The molecule has 1 atom stereocenters. The predicted octanol–water partition coefficient (Wildman–Crippen LogP) is 4.12. The summed E-state index contributed by atoms with van der Waals surface area (Å²) in [7, 11) is 0. The van der Waals surface area contributed by atoms with E-state index in [2.05, 4.69) is 4.98 Å². The summed E-state index contributed by atoms with van der Waals surface area (Å²) in [5.74, 6) is -0.110. The van der Waals surface area contributed by atoms with Gasteiger partial charge in [-0.2, -0.15) is 0 Å². The lowest BCUT2D eigenvalue weighted by Gasteiger charge is -2.23. The number of amides is 1. The average Bonchev–Trinajstić information content (AvgIpc) is 3.51. The molecule has 0 radical (unpaired) electrons. The van der Waals surface area contributed by atoms with Crippen molar-refractivity contribution in [2.75, 3.05) is 6.54 Å². The summed E-state index contributed by atoms with van der Waals surface area (Å²) in [6, 6.07) is 15.4. The molecule has 1 aliphatic heterocycles. The summed E-state index contributed by atoms with van der Waals surface area (Å²) in [5, 5.41) is 1.74. The number of thiazole rings is 1. The molecule has 7 nitrogen and oxygen atoms in total. The first-order chi connectivity index (χ1) is 15.2. The molecule has 0 aliphatic carbocycles. The SMILES string of the molecule is O=C(Cn1cnc2c(oc3ccccc32)c1=O)N1CCC[C@H]1c1nc2ccccc2s1. The standard InChI is InChI=1S/C23H18N4O3S/c28-19(27-11-5-8-16(27)22-25-15-7-2-4-10-18(15)31-22)12-26-13-24-20-14-6-1-3-9-17(14)30-21(20)23(26)29/h1-4,6-7,9-10,13,16H,5,8,11-12H2/t16-/m0/s1. The predicted molar refractivity (Wildman–Crippen MR) is 119 cm³/mol. The third-order valence-corrected chi connectivity index (χ3v) is 6.96. The summed E-state index contributed by atoms with van der Waals surface area (Å²) in [6.45, 7) is 0.592. The molecule has 3 aromatic heterocycles. The molecule has 1 amide bonds. The van der Waals surface area contributed by atoms with Crippen LogP contribution in [0.15, 0.2) is 64.1 Å². The summed E-state index contributed by atoms with van der Waals surface area (Å²) < 4.78 is 8.18. The van der Waals surface area contributed by atoms with Gasteiger partial charge < -0.3 is 9.32 Å². The van der Waals surface area contributed by atoms with E-state index in [0.29, 0.717) is 17.6 Å². The van der Waals surface area contributed by atoms with Crippen molar-refractivity contribution in [1.82, 2.24) is 19.4 Å². The Morgan fingerprint density at radius 2 is 2.00 bits per heavy atom. The van der Waals surface area contributed by atoms with Crippen molar-refractivity contribution in [1.29, 1.82) is 0 Å². The number of benzene rings is 2. The summed E-state index contributed by atoms with van der Waals surface area (Å²) >= 11 is 1.63. The molecule has 1 fully saturated rings. The van der Waals surface area contributed by atoms with Gasteiger partial charge >= 0.3 is 0 Å². The van der Waals surface area contributed by atoms with Crippen molar-refractivity contribution in [2.24, 2.45) is 0 Å². The lowest BCUT2D eigenvalue weighted by molar-refractivity contribution is -0.132. The largest absolute Gasteiger partial charge is 0.448 e. The highest BCUT2D eigenvalue weighted by Gasteiger charge is 2.32. The van der Waals surface area contributed by atoms with E-state index in [-0.39, 0.29) is 29.6 Å². The minimum Gasteiger partial charge on any atom is -0.448 e. The quantitative estimate of drug-likeness (QED) is 0.430. The number of hydrogen-bond acceptors (Lipinski definition) is 6. The fourth-order valence-corrected chi connectivity index (χ4v) is 5.43. The number of rotatable bonds is 3. The number of carbonyl (C=O) groups excluding carboxylic acids is 1. The van der Waals surface area contributed by atoms with Gasteiger partial charge in [-0.3, -0.25) is 14.2 Å². The van der Waals surface area contributed by atoms with E-state index >= 15 is 0 Å². The van der Waals surface area contributed by atoms with Gasteiger partial charge in [-0.15, -0.1) is 11.3 Å². The third kappa shape index (κ3) is 2.94. The zero-order chi connectivity index (χ0) is 20.9. The van der Waals surface area contributed by atoms with Crippen LogP contribution in [0.2, 0.25) is 0 Å². The molecule has 8 heteroatoms. The monoisotopic (exact) mass is 430 g/mol.